The third kappa shape index (κ3) is 4.95. The molecule has 0 radical (unpaired) electrons. The maximum absolute atomic E-state index is 3.77. The minimum absolute atomic E-state index is 0.490. The van der Waals surface area contributed by atoms with Crippen LogP contribution in [0.5, 0.6) is 0 Å². The summed E-state index contributed by atoms with van der Waals surface area (Å²) < 4.78 is 0.490. The second-order valence-electron chi connectivity index (χ2n) is 6.91. The van der Waals surface area contributed by atoms with Crippen LogP contribution in [-0.4, -0.2) is 47.6 Å². The zero-order valence-electron chi connectivity index (χ0n) is 13.1. The van der Waals surface area contributed by atoms with Gasteiger partial charge in [0, 0.05) is 29.6 Å². The summed E-state index contributed by atoms with van der Waals surface area (Å²) in [5, 5.41) is 3.77. The van der Waals surface area contributed by atoms with Crippen molar-refractivity contribution in [2.45, 2.75) is 63.7 Å². The highest BCUT2D eigenvalue weighted by Gasteiger charge is 2.30. The summed E-state index contributed by atoms with van der Waals surface area (Å²) >= 11 is 2.16. The van der Waals surface area contributed by atoms with Gasteiger partial charge in [0.2, 0.25) is 0 Å². The summed E-state index contributed by atoms with van der Waals surface area (Å²) in [6.07, 6.45) is 6.88. The van der Waals surface area contributed by atoms with Gasteiger partial charge in [0.15, 0.2) is 0 Å². The van der Waals surface area contributed by atoms with E-state index in [0.717, 1.165) is 12.0 Å². The molecule has 1 N–H and O–H groups in total. The number of nitrogens with one attached hydrogen (secondary N) is 1. The lowest BCUT2D eigenvalue weighted by molar-refractivity contribution is 0.221. The first-order valence-electron chi connectivity index (χ1n) is 8.20. The summed E-state index contributed by atoms with van der Waals surface area (Å²) in [6.45, 7) is 12.2. The third-order valence-corrected chi connectivity index (χ3v) is 6.11. The van der Waals surface area contributed by atoms with Crippen molar-refractivity contribution < 1.29 is 0 Å². The molecule has 3 heteroatoms. The van der Waals surface area contributed by atoms with Crippen LogP contribution in [-0.2, 0) is 0 Å². The topological polar surface area (TPSA) is 15.3 Å². The Morgan fingerprint density at radius 1 is 1.26 bits per heavy atom. The normalized spacial score (nSPS) is 32.4. The number of thioether (sulfide) groups is 1. The van der Waals surface area contributed by atoms with E-state index in [1.54, 1.807) is 0 Å². The van der Waals surface area contributed by atoms with Gasteiger partial charge in [-0.3, -0.25) is 0 Å². The fourth-order valence-electron chi connectivity index (χ4n) is 3.43. The van der Waals surface area contributed by atoms with Gasteiger partial charge in [-0.05, 0) is 44.7 Å². The average molecular weight is 285 g/mol. The molecule has 1 saturated heterocycles. The van der Waals surface area contributed by atoms with Crippen molar-refractivity contribution in [3.8, 4) is 0 Å². The molecule has 1 aliphatic heterocycles. The van der Waals surface area contributed by atoms with Crippen LogP contribution >= 0.6 is 11.8 Å². The number of hydrogen-bond donors (Lipinski definition) is 1. The van der Waals surface area contributed by atoms with Gasteiger partial charge in [-0.1, -0.05) is 27.2 Å². The van der Waals surface area contributed by atoms with Crippen molar-refractivity contribution in [2.75, 3.05) is 31.9 Å². The fraction of sp³-hybridized carbons (Fsp3) is 1.00. The SMILES string of the molecule is CCCNC1CCCC1CN1CCSC(C)(C)CC1. The second-order valence-corrected chi connectivity index (χ2v) is 8.71. The first-order chi connectivity index (χ1) is 9.11. The smallest absolute Gasteiger partial charge is 0.0116 e. The van der Waals surface area contributed by atoms with E-state index in [2.05, 4.69) is 42.7 Å². The Hall–Kier alpha value is 0.270. The highest BCUT2D eigenvalue weighted by Crippen LogP contribution is 2.32. The highest BCUT2D eigenvalue weighted by atomic mass is 32.2. The van der Waals surface area contributed by atoms with E-state index in [1.165, 1.54) is 64.0 Å². The molecule has 1 saturated carbocycles. The standard InChI is InChI=1S/C16H32N2S/c1-4-9-17-15-7-5-6-14(15)13-18-10-8-16(2,3)19-12-11-18/h14-15,17H,4-13H2,1-3H3. The lowest BCUT2D eigenvalue weighted by Gasteiger charge is -2.28. The zero-order chi connectivity index (χ0) is 13.7. The van der Waals surface area contributed by atoms with Gasteiger partial charge >= 0.3 is 0 Å². The summed E-state index contributed by atoms with van der Waals surface area (Å²) in [6, 6.07) is 0.795. The average Bonchev–Trinajstić information content (AvgIpc) is 2.72. The van der Waals surface area contributed by atoms with Crippen molar-refractivity contribution in [3.05, 3.63) is 0 Å². The highest BCUT2D eigenvalue weighted by molar-refractivity contribution is 8.00. The molecule has 2 aliphatic rings. The van der Waals surface area contributed by atoms with Gasteiger partial charge in [-0.15, -0.1) is 0 Å². The maximum Gasteiger partial charge on any atom is 0.0116 e. The monoisotopic (exact) mass is 284 g/mol. The van der Waals surface area contributed by atoms with Crippen LogP contribution in [0.25, 0.3) is 0 Å². The molecule has 19 heavy (non-hydrogen) atoms. The van der Waals surface area contributed by atoms with E-state index in [9.17, 15) is 0 Å². The molecule has 2 unspecified atom stereocenters. The van der Waals surface area contributed by atoms with Crippen LogP contribution in [0.4, 0.5) is 0 Å². The Morgan fingerprint density at radius 3 is 2.89 bits per heavy atom. The van der Waals surface area contributed by atoms with E-state index in [1.807, 2.05) is 0 Å². The molecule has 2 atom stereocenters. The van der Waals surface area contributed by atoms with E-state index < -0.39 is 0 Å². The Labute approximate surface area is 124 Å². The van der Waals surface area contributed by atoms with E-state index in [0.29, 0.717) is 4.75 Å². The molecule has 2 fully saturated rings. The van der Waals surface area contributed by atoms with E-state index >= 15 is 0 Å². The predicted octanol–water partition coefficient (Wildman–Crippen LogP) is 3.37. The molecule has 0 bridgehead atoms. The van der Waals surface area contributed by atoms with Crippen molar-refractivity contribution in [2.24, 2.45) is 5.92 Å². The molecular weight excluding hydrogens is 252 g/mol. The van der Waals surface area contributed by atoms with Crippen molar-refractivity contribution in [3.63, 3.8) is 0 Å². The molecule has 2 nitrogen and oxygen atoms in total. The molecule has 112 valence electrons. The largest absolute Gasteiger partial charge is 0.314 e. The lowest BCUT2D eigenvalue weighted by atomic mass is 10.0. The number of nitrogens with zero attached hydrogens (tertiary/aromatic N) is 1. The van der Waals surface area contributed by atoms with Crippen molar-refractivity contribution >= 4 is 11.8 Å². The van der Waals surface area contributed by atoms with Crippen molar-refractivity contribution in [1.82, 2.24) is 10.2 Å². The van der Waals surface area contributed by atoms with Gasteiger partial charge < -0.3 is 10.2 Å². The quantitative estimate of drug-likeness (QED) is 0.833. The molecular formula is C16H32N2S. The molecule has 1 aliphatic carbocycles. The van der Waals surface area contributed by atoms with Crippen LogP contribution in [0.1, 0.15) is 52.9 Å². The number of rotatable bonds is 5. The maximum atomic E-state index is 3.77. The van der Waals surface area contributed by atoms with Crippen LogP contribution in [0, 0.1) is 5.92 Å². The summed E-state index contributed by atoms with van der Waals surface area (Å²) in [4.78, 5) is 2.73. The van der Waals surface area contributed by atoms with Gasteiger partial charge in [-0.2, -0.15) is 11.8 Å². The van der Waals surface area contributed by atoms with Gasteiger partial charge in [0.05, 0.1) is 0 Å². The summed E-state index contributed by atoms with van der Waals surface area (Å²) in [7, 11) is 0. The molecule has 0 aromatic heterocycles. The van der Waals surface area contributed by atoms with Gasteiger partial charge in [0.25, 0.3) is 0 Å². The molecule has 1 heterocycles. The van der Waals surface area contributed by atoms with Gasteiger partial charge in [0.1, 0.15) is 0 Å². The molecule has 0 aromatic rings. The minimum atomic E-state index is 0.490. The summed E-state index contributed by atoms with van der Waals surface area (Å²) in [5.41, 5.74) is 0. The lowest BCUT2D eigenvalue weighted by Crippen LogP contribution is -2.40. The van der Waals surface area contributed by atoms with Crippen LogP contribution in [0.2, 0.25) is 0 Å². The minimum Gasteiger partial charge on any atom is -0.314 e. The number of hydrogen-bond acceptors (Lipinski definition) is 3. The zero-order valence-corrected chi connectivity index (χ0v) is 13.9. The van der Waals surface area contributed by atoms with Gasteiger partial charge in [-0.25, -0.2) is 0 Å². The predicted molar refractivity (Wildman–Crippen MR) is 87.0 cm³/mol. The molecule has 2 rings (SSSR count). The van der Waals surface area contributed by atoms with Crippen LogP contribution in [0.3, 0.4) is 0 Å². The molecule has 0 aromatic carbocycles. The van der Waals surface area contributed by atoms with Crippen LogP contribution in [0.15, 0.2) is 0 Å². The third-order valence-electron chi connectivity index (χ3n) is 4.74. The van der Waals surface area contributed by atoms with Crippen LogP contribution < -0.4 is 5.32 Å². The first-order valence-corrected chi connectivity index (χ1v) is 9.19. The van der Waals surface area contributed by atoms with E-state index in [4.69, 9.17) is 0 Å². The summed E-state index contributed by atoms with van der Waals surface area (Å²) in [5.74, 6) is 2.21. The Kier molecular flexibility index (Phi) is 6.04. The van der Waals surface area contributed by atoms with E-state index in [-0.39, 0.29) is 0 Å². The Morgan fingerprint density at radius 2 is 2.11 bits per heavy atom. The Bertz CT molecular complexity index is 267. The second kappa shape index (κ2) is 7.33. The molecule has 0 amide bonds. The Balaban J connectivity index is 1.79. The first kappa shape index (κ1) is 15.7. The molecule has 0 spiro atoms. The van der Waals surface area contributed by atoms with Crippen molar-refractivity contribution in [1.29, 1.82) is 0 Å². The fourth-order valence-corrected chi connectivity index (χ4v) is 4.57.